The molecule has 2 N–H and O–H groups in total. The van der Waals surface area contributed by atoms with E-state index >= 15 is 0 Å². The Kier molecular flexibility index (Phi) is 4.57. The minimum absolute atomic E-state index is 0.0700. The van der Waals surface area contributed by atoms with Gasteiger partial charge in [0.1, 0.15) is 5.56 Å². The van der Waals surface area contributed by atoms with Crippen LogP contribution in [0.5, 0.6) is 0 Å². The summed E-state index contributed by atoms with van der Waals surface area (Å²) >= 11 is 0. The second kappa shape index (κ2) is 5.77. The van der Waals surface area contributed by atoms with Gasteiger partial charge in [-0.25, -0.2) is 4.79 Å². The number of carboxylic acid groups (broad SMARTS) is 1. The molecule has 104 valence electrons. The number of hydroxylamine groups is 1. The highest BCUT2D eigenvalue weighted by Crippen LogP contribution is 2.22. The molecule has 0 atom stereocenters. The Morgan fingerprint density at radius 2 is 2.11 bits per heavy atom. The lowest BCUT2D eigenvalue weighted by Gasteiger charge is -2.19. The Bertz CT molecular complexity index is 493. The van der Waals surface area contributed by atoms with Gasteiger partial charge in [-0.1, -0.05) is 12.1 Å². The van der Waals surface area contributed by atoms with E-state index in [1.165, 1.54) is 12.1 Å². The zero-order valence-corrected chi connectivity index (χ0v) is 11.0. The Balaban J connectivity index is 2.98. The molecule has 0 aliphatic heterocycles. The van der Waals surface area contributed by atoms with E-state index in [9.17, 15) is 14.9 Å². The summed E-state index contributed by atoms with van der Waals surface area (Å²) in [6.07, 6.45) is 0. The van der Waals surface area contributed by atoms with Gasteiger partial charge in [-0.15, -0.1) is 0 Å². The zero-order valence-electron chi connectivity index (χ0n) is 11.0. The Hall–Kier alpha value is -1.99. The molecular weight excluding hydrogens is 252 g/mol. The Morgan fingerprint density at radius 1 is 1.47 bits per heavy atom. The molecule has 7 heteroatoms. The largest absolute Gasteiger partial charge is 0.477 e. The number of aromatic carboxylic acids is 1. The molecule has 7 nitrogen and oxygen atoms in total. The van der Waals surface area contributed by atoms with Crippen LogP contribution in [0.1, 0.15) is 36.7 Å². The number of carbonyl (C=O) groups is 1. The standard InChI is InChI=1S/C12H16N2O5/c1-12(2,3)19-13-7-8-5-4-6-9(14(17)18)10(8)11(15)16/h4-6,13H,7H2,1-3H3,(H,15,16). The van der Waals surface area contributed by atoms with Crippen LogP contribution in [0.4, 0.5) is 5.69 Å². The fourth-order valence-electron chi connectivity index (χ4n) is 1.46. The van der Waals surface area contributed by atoms with Crippen LogP contribution in [0.3, 0.4) is 0 Å². The van der Waals surface area contributed by atoms with Crippen LogP contribution in [0.15, 0.2) is 18.2 Å². The van der Waals surface area contributed by atoms with Gasteiger partial charge in [-0.05, 0) is 26.3 Å². The molecule has 0 spiro atoms. The number of benzene rings is 1. The molecule has 1 aromatic carbocycles. The summed E-state index contributed by atoms with van der Waals surface area (Å²) in [5.41, 5.74) is 1.72. The number of hydrogen-bond donors (Lipinski definition) is 2. The van der Waals surface area contributed by atoms with Crippen molar-refractivity contribution in [1.29, 1.82) is 0 Å². The summed E-state index contributed by atoms with van der Waals surface area (Å²) in [6.45, 7) is 5.54. The molecule has 0 bridgehead atoms. The maximum absolute atomic E-state index is 11.1. The van der Waals surface area contributed by atoms with E-state index in [1.807, 2.05) is 20.8 Å². The van der Waals surface area contributed by atoms with Gasteiger partial charge in [0.25, 0.3) is 5.69 Å². The molecule has 1 aromatic rings. The lowest BCUT2D eigenvalue weighted by Crippen LogP contribution is -2.29. The van der Waals surface area contributed by atoms with Crippen molar-refractivity contribution in [3.63, 3.8) is 0 Å². The van der Waals surface area contributed by atoms with Gasteiger partial charge in [0.15, 0.2) is 0 Å². The van der Waals surface area contributed by atoms with Gasteiger partial charge in [0, 0.05) is 12.6 Å². The van der Waals surface area contributed by atoms with E-state index in [2.05, 4.69) is 5.48 Å². The average molecular weight is 268 g/mol. The van der Waals surface area contributed by atoms with Crippen LogP contribution in [-0.4, -0.2) is 21.6 Å². The average Bonchev–Trinajstić information content (AvgIpc) is 2.26. The van der Waals surface area contributed by atoms with Crippen LogP contribution < -0.4 is 5.48 Å². The minimum atomic E-state index is -1.33. The molecule has 0 amide bonds. The first kappa shape index (κ1) is 15.1. The van der Waals surface area contributed by atoms with Gasteiger partial charge in [0.2, 0.25) is 0 Å². The fourth-order valence-corrected chi connectivity index (χ4v) is 1.46. The predicted octanol–water partition coefficient (Wildman–Crippen LogP) is 2.11. The zero-order chi connectivity index (χ0) is 14.6. The van der Waals surface area contributed by atoms with Crippen LogP contribution in [-0.2, 0) is 11.4 Å². The van der Waals surface area contributed by atoms with Crippen LogP contribution in [0.2, 0.25) is 0 Å². The minimum Gasteiger partial charge on any atom is -0.477 e. The van der Waals surface area contributed by atoms with E-state index in [0.717, 1.165) is 6.07 Å². The van der Waals surface area contributed by atoms with Crippen molar-refractivity contribution in [1.82, 2.24) is 5.48 Å². The fraction of sp³-hybridized carbons (Fsp3) is 0.417. The molecule has 0 heterocycles. The maximum Gasteiger partial charge on any atom is 0.343 e. The first-order valence-corrected chi connectivity index (χ1v) is 5.63. The van der Waals surface area contributed by atoms with Gasteiger partial charge in [0.05, 0.1) is 10.5 Å². The monoisotopic (exact) mass is 268 g/mol. The number of hydrogen-bond acceptors (Lipinski definition) is 5. The number of nitro groups is 1. The third-order valence-electron chi connectivity index (χ3n) is 2.18. The Morgan fingerprint density at radius 3 is 2.58 bits per heavy atom. The Labute approximate surface area is 110 Å². The maximum atomic E-state index is 11.1. The van der Waals surface area contributed by atoms with E-state index in [-0.39, 0.29) is 12.1 Å². The first-order chi connectivity index (χ1) is 8.72. The van der Waals surface area contributed by atoms with Crippen molar-refractivity contribution >= 4 is 11.7 Å². The topological polar surface area (TPSA) is 102 Å². The lowest BCUT2D eigenvalue weighted by molar-refractivity contribution is -0.385. The summed E-state index contributed by atoms with van der Waals surface area (Å²) in [7, 11) is 0. The third-order valence-corrected chi connectivity index (χ3v) is 2.18. The summed E-state index contributed by atoms with van der Waals surface area (Å²) in [4.78, 5) is 26.5. The number of nitrogens with zero attached hydrogens (tertiary/aromatic N) is 1. The second-order valence-corrected chi connectivity index (χ2v) is 4.91. The molecule has 0 saturated carbocycles. The highest BCUT2D eigenvalue weighted by molar-refractivity contribution is 5.94. The molecule has 1 rings (SSSR count). The van der Waals surface area contributed by atoms with Gasteiger partial charge < -0.3 is 5.11 Å². The molecule has 0 unspecified atom stereocenters. The smallest absolute Gasteiger partial charge is 0.343 e. The number of nitrogens with one attached hydrogen (secondary N) is 1. The summed E-state index contributed by atoms with van der Waals surface area (Å²) < 4.78 is 0. The van der Waals surface area contributed by atoms with Gasteiger partial charge in [-0.2, -0.15) is 5.48 Å². The number of carboxylic acids is 1. The highest BCUT2D eigenvalue weighted by atomic mass is 16.7. The molecule has 0 aliphatic carbocycles. The normalized spacial score (nSPS) is 11.3. The van der Waals surface area contributed by atoms with Crippen molar-refractivity contribution in [2.24, 2.45) is 0 Å². The van der Waals surface area contributed by atoms with E-state index in [1.54, 1.807) is 0 Å². The molecular formula is C12H16N2O5. The van der Waals surface area contributed by atoms with E-state index < -0.39 is 22.2 Å². The van der Waals surface area contributed by atoms with E-state index in [4.69, 9.17) is 9.94 Å². The highest BCUT2D eigenvalue weighted by Gasteiger charge is 2.23. The van der Waals surface area contributed by atoms with Crippen molar-refractivity contribution in [2.75, 3.05) is 0 Å². The summed E-state index contributed by atoms with van der Waals surface area (Å²) in [5.74, 6) is -1.33. The van der Waals surface area contributed by atoms with Crippen LogP contribution in [0.25, 0.3) is 0 Å². The van der Waals surface area contributed by atoms with Crippen molar-refractivity contribution in [2.45, 2.75) is 32.9 Å². The lowest BCUT2D eigenvalue weighted by atomic mass is 10.1. The predicted molar refractivity (Wildman–Crippen MR) is 67.7 cm³/mol. The number of rotatable bonds is 5. The second-order valence-electron chi connectivity index (χ2n) is 4.91. The molecule has 19 heavy (non-hydrogen) atoms. The third kappa shape index (κ3) is 4.31. The molecule has 0 radical (unpaired) electrons. The quantitative estimate of drug-likeness (QED) is 0.626. The van der Waals surface area contributed by atoms with Gasteiger partial charge in [-0.3, -0.25) is 15.0 Å². The van der Waals surface area contributed by atoms with Crippen molar-refractivity contribution in [3.05, 3.63) is 39.4 Å². The SMILES string of the molecule is CC(C)(C)ONCc1cccc([N+](=O)[O-])c1C(=O)O. The van der Waals surface area contributed by atoms with Crippen LogP contribution >= 0.6 is 0 Å². The van der Waals surface area contributed by atoms with Gasteiger partial charge >= 0.3 is 5.97 Å². The molecule has 0 aliphatic rings. The molecule has 0 aromatic heterocycles. The van der Waals surface area contributed by atoms with Crippen molar-refractivity contribution in [3.8, 4) is 0 Å². The van der Waals surface area contributed by atoms with Crippen LogP contribution in [0, 0.1) is 10.1 Å². The van der Waals surface area contributed by atoms with E-state index in [0.29, 0.717) is 5.56 Å². The van der Waals surface area contributed by atoms with Crippen molar-refractivity contribution < 1.29 is 19.7 Å². The summed E-state index contributed by atoms with van der Waals surface area (Å²) in [6, 6.07) is 4.12. The number of nitro benzene ring substituents is 1. The molecule has 0 saturated heterocycles. The first-order valence-electron chi connectivity index (χ1n) is 5.63. The summed E-state index contributed by atoms with van der Waals surface area (Å²) in [5, 5.41) is 19.9. The molecule has 0 fully saturated rings.